The molecule has 0 heterocycles. The Morgan fingerprint density at radius 1 is 1.50 bits per heavy atom. The molecule has 1 unspecified atom stereocenters. The molecule has 0 saturated heterocycles. The average molecular weight is 170 g/mol. The molecular formula is C10H22N2. The number of nitrogens with two attached hydrogens (primary N) is 1. The largest absolute Gasteiger partial charge is 0.330 e. The molecule has 12 heavy (non-hydrogen) atoms. The van der Waals surface area contributed by atoms with Crippen LogP contribution in [0.4, 0.5) is 0 Å². The first-order valence-electron chi connectivity index (χ1n) is 5.18. The van der Waals surface area contributed by atoms with E-state index < -0.39 is 0 Å². The highest BCUT2D eigenvalue weighted by atomic mass is 15.1. The fraction of sp³-hybridized carbons (Fsp3) is 1.00. The maximum atomic E-state index is 5.64. The summed E-state index contributed by atoms with van der Waals surface area (Å²) in [5, 5.41) is 0. The van der Waals surface area contributed by atoms with Crippen molar-refractivity contribution in [3.05, 3.63) is 0 Å². The smallest absolute Gasteiger partial charge is 0.00933 e. The second-order valence-corrected chi connectivity index (χ2v) is 4.01. The standard InChI is InChI=1S/C10H22N2/c1-3-9(8-11)6-7-12(2)10-4-5-10/h9-10H,3-8,11H2,1-2H3. The molecule has 1 atom stereocenters. The minimum absolute atomic E-state index is 0.742. The van der Waals surface area contributed by atoms with Gasteiger partial charge >= 0.3 is 0 Å². The molecule has 0 spiro atoms. The van der Waals surface area contributed by atoms with Crippen LogP contribution in [0.2, 0.25) is 0 Å². The van der Waals surface area contributed by atoms with Gasteiger partial charge < -0.3 is 10.6 Å². The van der Waals surface area contributed by atoms with Gasteiger partial charge in [0, 0.05) is 6.04 Å². The van der Waals surface area contributed by atoms with E-state index in [9.17, 15) is 0 Å². The Morgan fingerprint density at radius 2 is 2.17 bits per heavy atom. The van der Waals surface area contributed by atoms with Gasteiger partial charge in [0.2, 0.25) is 0 Å². The van der Waals surface area contributed by atoms with Crippen molar-refractivity contribution in [2.75, 3.05) is 20.1 Å². The maximum Gasteiger partial charge on any atom is 0.00933 e. The Kier molecular flexibility index (Phi) is 4.02. The minimum Gasteiger partial charge on any atom is -0.330 e. The predicted octanol–water partition coefficient (Wildman–Crippen LogP) is 1.46. The average Bonchev–Trinajstić information content (AvgIpc) is 2.88. The van der Waals surface area contributed by atoms with Crippen molar-refractivity contribution in [3.8, 4) is 0 Å². The van der Waals surface area contributed by atoms with Crippen molar-refractivity contribution in [3.63, 3.8) is 0 Å². The minimum atomic E-state index is 0.742. The second-order valence-electron chi connectivity index (χ2n) is 4.01. The molecule has 1 fully saturated rings. The molecule has 2 N–H and O–H groups in total. The zero-order valence-corrected chi connectivity index (χ0v) is 8.42. The van der Waals surface area contributed by atoms with E-state index in [1.807, 2.05) is 0 Å². The van der Waals surface area contributed by atoms with Gasteiger partial charge in [-0.3, -0.25) is 0 Å². The number of hydrogen-bond donors (Lipinski definition) is 1. The summed E-state index contributed by atoms with van der Waals surface area (Å²) in [6.07, 6.45) is 5.33. The zero-order valence-electron chi connectivity index (χ0n) is 8.42. The molecule has 0 amide bonds. The predicted molar refractivity (Wildman–Crippen MR) is 53.1 cm³/mol. The first-order chi connectivity index (χ1) is 5.77. The van der Waals surface area contributed by atoms with E-state index in [0.717, 1.165) is 18.5 Å². The quantitative estimate of drug-likeness (QED) is 0.654. The highest BCUT2D eigenvalue weighted by Crippen LogP contribution is 2.25. The van der Waals surface area contributed by atoms with Gasteiger partial charge in [0.05, 0.1) is 0 Å². The van der Waals surface area contributed by atoms with Crippen molar-refractivity contribution < 1.29 is 0 Å². The molecule has 1 saturated carbocycles. The lowest BCUT2D eigenvalue weighted by molar-refractivity contribution is 0.290. The van der Waals surface area contributed by atoms with Crippen LogP contribution in [0.1, 0.15) is 32.6 Å². The fourth-order valence-corrected chi connectivity index (χ4v) is 1.57. The van der Waals surface area contributed by atoms with E-state index in [-0.39, 0.29) is 0 Å². The third-order valence-corrected chi connectivity index (χ3v) is 2.97. The molecule has 2 nitrogen and oxygen atoms in total. The molecule has 2 heteroatoms. The number of hydrogen-bond acceptors (Lipinski definition) is 2. The third-order valence-electron chi connectivity index (χ3n) is 2.97. The van der Waals surface area contributed by atoms with E-state index in [4.69, 9.17) is 5.73 Å². The van der Waals surface area contributed by atoms with Crippen molar-refractivity contribution in [1.82, 2.24) is 4.90 Å². The van der Waals surface area contributed by atoms with Gasteiger partial charge in [0.15, 0.2) is 0 Å². The molecule has 1 aliphatic rings. The van der Waals surface area contributed by atoms with Crippen LogP contribution in [0.25, 0.3) is 0 Å². The summed E-state index contributed by atoms with van der Waals surface area (Å²) in [4.78, 5) is 2.48. The van der Waals surface area contributed by atoms with Crippen LogP contribution >= 0.6 is 0 Å². The Morgan fingerprint density at radius 3 is 2.58 bits per heavy atom. The summed E-state index contributed by atoms with van der Waals surface area (Å²) < 4.78 is 0. The van der Waals surface area contributed by atoms with Crippen molar-refractivity contribution in [2.24, 2.45) is 11.7 Å². The Balaban J connectivity index is 2.05. The topological polar surface area (TPSA) is 29.3 Å². The summed E-state index contributed by atoms with van der Waals surface area (Å²) in [5.74, 6) is 0.742. The van der Waals surface area contributed by atoms with Crippen LogP contribution < -0.4 is 5.73 Å². The molecule has 0 aromatic carbocycles. The molecule has 1 aliphatic carbocycles. The van der Waals surface area contributed by atoms with Crippen molar-refractivity contribution in [1.29, 1.82) is 0 Å². The SMILES string of the molecule is CCC(CN)CCN(C)C1CC1. The molecule has 0 aromatic rings. The van der Waals surface area contributed by atoms with Crippen LogP contribution in [-0.4, -0.2) is 31.1 Å². The Bertz CT molecular complexity index is 115. The lowest BCUT2D eigenvalue weighted by Crippen LogP contribution is -2.25. The van der Waals surface area contributed by atoms with E-state index in [1.165, 1.54) is 32.2 Å². The lowest BCUT2D eigenvalue weighted by atomic mass is 10.0. The number of nitrogens with zero attached hydrogens (tertiary/aromatic N) is 1. The molecule has 0 aliphatic heterocycles. The number of rotatable bonds is 6. The van der Waals surface area contributed by atoms with Gasteiger partial charge in [0.1, 0.15) is 0 Å². The molecule has 0 aromatic heterocycles. The van der Waals surface area contributed by atoms with Crippen LogP contribution in [0.5, 0.6) is 0 Å². The highest BCUT2D eigenvalue weighted by Gasteiger charge is 2.25. The summed E-state index contributed by atoms with van der Waals surface area (Å²) in [6, 6.07) is 0.903. The van der Waals surface area contributed by atoms with Crippen LogP contribution in [0, 0.1) is 5.92 Å². The highest BCUT2D eigenvalue weighted by molar-refractivity contribution is 4.82. The summed E-state index contributed by atoms with van der Waals surface area (Å²) in [7, 11) is 2.24. The van der Waals surface area contributed by atoms with Gasteiger partial charge in [-0.2, -0.15) is 0 Å². The first-order valence-corrected chi connectivity index (χ1v) is 5.18. The van der Waals surface area contributed by atoms with Crippen LogP contribution in [0.15, 0.2) is 0 Å². The first kappa shape index (κ1) is 10.0. The lowest BCUT2D eigenvalue weighted by Gasteiger charge is -2.19. The van der Waals surface area contributed by atoms with Gasteiger partial charge in [-0.1, -0.05) is 13.3 Å². The van der Waals surface area contributed by atoms with Crippen LogP contribution in [0.3, 0.4) is 0 Å². The fourth-order valence-electron chi connectivity index (χ4n) is 1.57. The van der Waals surface area contributed by atoms with Crippen molar-refractivity contribution in [2.45, 2.75) is 38.6 Å². The zero-order chi connectivity index (χ0) is 8.97. The van der Waals surface area contributed by atoms with Gasteiger partial charge in [-0.05, 0) is 45.3 Å². The van der Waals surface area contributed by atoms with E-state index in [2.05, 4.69) is 18.9 Å². The second kappa shape index (κ2) is 4.83. The van der Waals surface area contributed by atoms with Crippen LogP contribution in [-0.2, 0) is 0 Å². The molecular weight excluding hydrogens is 148 g/mol. The third kappa shape index (κ3) is 3.11. The summed E-state index contributed by atoms with van der Waals surface area (Å²) in [6.45, 7) is 4.32. The molecule has 0 bridgehead atoms. The maximum absolute atomic E-state index is 5.64. The summed E-state index contributed by atoms with van der Waals surface area (Å²) in [5.41, 5.74) is 5.64. The Hall–Kier alpha value is -0.0800. The van der Waals surface area contributed by atoms with Crippen molar-refractivity contribution >= 4 is 0 Å². The molecule has 72 valence electrons. The Labute approximate surface area is 76.1 Å². The molecule has 1 rings (SSSR count). The molecule has 0 radical (unpaired) electrons. The van der Waals surface area contributed by atoms with E-state index in [1.54, 1.807) is 0 Å². The van der Waals surface area contributed by atoms with E-state index in [0.29, 0.717) is 0 Å². The van der Waals surface area contributed by atoms with Gasteiger partial charge in [-0.15, -0.1) is 0 Å². The monoisotopic (exact) mass is 170 g/mol. The summed E-state index contributed by atoms with van der Waals surface area (Å²) >= 11 is 0. The van der Waals surface area contributed by atoms with Gasteiger partial charge in [0.25, 0.3) is 0 Å². The van der Waals surface area contributed by atoms with E-state index >= 15 is 0 Å². The van der Waals surface area contributed by atoms with Gasteiger partial charge in [-0.25, -0.2) is 0 Å². The normalized spacial score (nSPS) is 20.0.